The minimum Gasteiger partial charge on any atom is -0.388 e. The number of amidine groups is 1. The van der Waals surface area contributed by atoms with E-state index in [0.717, 1.165) is 0 Å². The van der Waals surface area contributed by atoms with E-state index in [1.54, 1.807) is 0 Å². The number of hydrogen-bond donors (Lipinski definition) is 2. The zero-order valence-corrected chi connectivity index (χ0v) is 9.84. The molecule has 0 aliphatic heterocycles. The standard InChI is InChI=1S/C12H17F2N3/c1-2-17(7-6-12(15)16)8-9-10(13)4-3-5-11(9)14/h3-5H,2,6-8H2,1H3,(H3,15,16). The molecule has 0 saturated carbocycles. The molecule has 17 heavy (non-hydrogen) atoms. The summed E-state index contributed by atoms with van der Waals surface area (Å²) in [5.74, 6) is -0.991. The van der Waals surface area contributed by atoms with Gasteiger partial charge in [0.1, 0.15) is 11.6 Å². The second kappa shape index (κ2) is 6.30. The van der Waals surface area contributed by atoms with Gasteiger partial charge in [-0.3, -0.25) is 10.3 Å². The molecular weight excluding hydrogens is 224 g/mol. The largest absolute Gasteiger partial charge is 0.388 e. The Morgan fingerprint density at radius 3 is 2.41 bits per heavy atom. The first-order valence-corrected chi connectivity index (χ1v) is 5.52. The summed E-state index contributed by atoms with van der Waals surface area (Å²) in [6, 6.07) is 3.84. The van der Waals surface area contributed by atoms with Crippen molar-refractivity contribution in [3.63, 3.8) is 0 Å². The van der Waals surface area contributed by atoms with Crippen LogP contribution >= 0.6 is 0 Å². The van der Waals surface area contributed by atoms with Crippen LogP contribution in [-0.2, 0) is 6.54 Å². The first-order valence-electron chi connectivity index (χ1n) is 5.52. The average molecular weight is 241 g/mol. The van der Waals surface area contributed by atoms with E-state index >= 15 is 0 Å². The van der Waals surface area contributed by atoms with Gasteiger partial charge in [0.25, 0.3) is 0 Å². The zero-order chi connectivity index (χ0) is 12.8. The van der Waals surface area contributed by atoms with Crippen molar-refractivity contribution in [1.29, 1.82) is 5.41 Å². The molecule has 0 spiro atoms. The minimum atomic E-state index is -0.536. The van der Waals surface area contributed by atoms with E-state index < -0.39 is 11.6 Å². The van der Waals surface area contributed by atoms with Crippen molar-refractivity contribution < 1.29 is 8.78 Å². The van der Waals surface area contributed by atoms with Crippen LogP contribution < -0.4 is 5.73 Å². The third-order valence-corrected chi connectivity index (χ3v) is 2.59. The Labute approximate surface area is 99.7 Å². The quantitative estimate of drug-likeness (QED) is 0.592. The van der Waals surface area contributed by atoms with Crippen molar-refractivity contribution in [2.24, 2.45) is 5.73 Å². The first-order chi connectivity index (χ1) is 8.04. The Morgan fingerprint density at radius 1 is 1.35 bits per heavy atom. The first kappa shape index (κ1) is 13.6. The van der Waals surface area contributed by atoms with E-state index in [4.69, 9.17) is 11.1 Å². The van der Waals surface area contributed by atoms with Gasteiger partial charge < -0.3 is 5.73 Å². The van der Waals surface area contributed by atoms with Crippen LogP contribution in [0.2, 0.25) is 0 Å². The zero-order valence-electron chi connectivity index (χ0n) is 9.84. The van der Waals surface area contributed by atoms with Gasteiger partial charge in [-0.15, -0.1) is 0 Å². The van der Waals surface area contributed by atoms with E-state index in [0.29, 0.717) is 19.5 Å². The van der Waals surface area contributed by atoms with E-state index in [2.05, 4.69) is 0 Å². The molecule has 5 heteroatoms. The molecule has 3 nitrogen and oxygen atoms in total. The Morgan fingerprint density at radius 2 is 1.94 bits per heavy atom. The Hall–Kier alpha value is -1.49. The molecule has 94 valence electrons. The highest BCUT2D eigenvalue weighted by molar-refractivity contribution is 5.76. The molecule has 3 N–H and O–H groups in total. The summed E-state index contributed by atoms with van der Waals surface area (Å²) < 4.78 is 26.8. The average Bonchev–Trinajstić information content (AvgIpc) is 2.27. The molecule has 0 unspecified atom stereocenters. The van der Waals surface area contributed by atoms with Crippen LogP contribution in [0.15, 0.2) is 18.2 Å². The van der Waals surface area contributed by atoms with Gasteiger partial charge in [-0.1, -0.05) is 13.0 Å². The summed E-state index contributed by atoms with van der Waals surface area (Å²) in [6.45, 7) is 3.28. The van der Waals surface area contributed by atoms with Crippen LogP contribution in [0.1, 0.15) is 18.9 Å². The molecule has 0 atom stereocenters. The Kier molecular flexibility index (Phi) is 5.03. The highest BCUT2D eigenvalue weighted by atomic mass is 19.1. The number of nitrogens with one attached hydrogen (secondary N) is 1. The fourth-order valence-electron chi connectivity index (χ4n) is 1.53. The highest BCUT2D eigenvalue weighted by Gasteiger charge is 2.12. The molecule has 0 heterocycles. The minimum absolute atomic E-state index is 0.0675. The van der Waals surface area contributed by atoms with E-state index in [1.807, 2.05) is 11.8 Å². The number of nitrogens with two attached hydrogens (primary N) is 1. The van der Waals surface area contributed by atoms with Crippen molar-refractivity contribution >= 4 is 5.84 Å². The Balaban J connectivity index is 2.70. The maximum Gasteiger partial charge on any atom is 0.130 e. The van der Waals surface area contributed by atoms with E-state index in [9.17, 15) is 8.78 Å². The van der Waals surface area contributed by atoms with Crippen molar-refractivity contribution in [3.05, 3.63) is 35.4 Å². The summed E-state index contributed by atoms with van der Waals surface area (Å²) in [7, 11) is 0. The maximum absolute atomic E-state index is 13.4. The number of halogens is 2. The number of rotatable bonds is 6. The van der Waals surface area contributed by atoms with Crippen molar-refractivity contribution in [1.82, 2.24) is 4.90 Å². The van der Waals surface area contributed by atoms with Gasteiger partial charge in [0.15, 0.2) is 0 Å². The van der Waals surface area contributed by atoms with Crippen LogP contribution in [0.25, 0.3) is 0 Å². The molecular formula is C12H17F2N3. The molecule has 1 aromatic carbocycles. The monoisotopic (exact) mass is 241 g/mol. The summed E-state index contributed by atoms with van der Waals surface area (Å²) in [5.41, 5.74) is 5.32. The van der Waals surface area contributed by atoms with Gasteiger partial charge in [0, 0.05) is 25.1 Å². The second-order valence-corrected chi connectivity index (χ2v) is 3.84. The maximum atomic E-state index is 13.4. The van der Waals surface area contributed by atoms with Crippen molar-refractivity contribution in [2.75, 3.05) is 13.1 Å². The fourth-order valence-corrected chi connectivity index (χ4v) is 1.53. The molecule has 0 aliphatic carbocycles. The number of benzene rings is 1. The molecule has 0 saturated heterocycles. The van der Waals surface area contributed by atoms with E-state index in [1.165, 1.54) is 18.2 Å². The van der Waals surface area contributed by atoms with Crippen LogP contribution in [0, 0.1) is 17.0 Å². The summed E-state index contributed by atoms with van der Waals surface area (Å²) in [6.07, 6.45) is 0.407. The fraction of sp³-hybridized carbons (Fsp3) is 0.417. The lowest BCUT2D eigenvalue weighted by molar-refractivity contribution is 0.278. The molecule has 0 aromatic heterocycles. The summed E-state index contributed by atoms with van der Waals surface area (Å²) >= 11 is 0. The van der Waals surface area contributed by atoms with Crippen LogP contribution in [0.4, 0.5) is 8.78 Å². The number of hydrogen-bond acceptors (Lipinski definition) is 2. The lowest BCUT2D eigenvalue weighted by Crippen LogP contribution is -2.28. The van der Waals surface area contributed by atoms with Crippen LogP contribution in [0.5, 0.6) is 0 Å². The SMILES string of the molecule is CCN(CCC(=N)N)Cc1c(F)cccc1F. The van der Waals surface area contributed by atoms with Crippen molar-refractivity contribution in [3.8, 4) is 0 Å². The highest BCUT2D eigenvalue weighted by Crippen LogP contribution is 2.14. The van der Waals surface area contributed by atoms with E-state index in [-0.39, 0.29) is 17.9 Å². The van der Waals surface area contributed by atoms with Gasteiger partial charge in [-0.25, -0.2) is 8.78 Å². The predicted octanol–water partition coefficient (Wildman–Crippen LogP) is 2.11. The normalized spacial score (nSPS) is 10.8. The Bertz CT molecular complexity index is 373. The van der Waals surface area contributed by atoms with Crippen LogP contribution in [0.3, 0.4) is 0 Å². The third kappa shape index (κ3) is 4.11. The third-order valence-electron chi connectivity index (χ3n) is 2.59. The topological polar surface area (TPSA) is 53.1 Å². The second-order valence-electron chi connectivity index (χ2n) is 3.84. The molecule has 0 fully saturated rings. The molecule has 1 rings (SSSR count). The van der Waals surface area contributed by atoms with Gasteiger partial charge in [-0.2, -0.15) is 0 Å². The molecule has 0 bridgehead atoms. The lowest BCUT2D eigenvalue weighted by Gasteiger charge is -2.20. The number of nitrogens with zero attached hydrogens (tertiary/aromatic N) is 1. The molecule has 0 radical (unpaired) electrons. The molecule has 1 aromatic rings. The van der Waals surface area contributed by atoms with Gasteiger partial charge in [0.05, 0.1) is 5.84 Å². The predicted molar refractivity (Wildman–Crippen MR) is 63.8 cm³/mol. The summed E-state index contributed by atoms with van der Waals surface area (Å²) in [4.78, 5) is 1.85. The smallest absolute Gasteiger partial charge is 0.130 e. The van der Waals surface area contributed by atoms with Crippen molar-refractivity contribution in [2.45, 2.75) is 19.9 Å². The van der Waals surface area contributed by atoms with Gasteiger partial charge >= 0.3 is 0 Å². The summed E-state index contributed by atoms with van der Waals surface area (Å²) in [5, 5.41) is 7.13. The van der Waals surface area contributed by atoms with Gasteiger partial charge in [0.2, 0.25) is 0 Å². The molecule has 0 aliphatic rings. The van der Waals surface area contributed by atoms with Gasteiger partial charge in [-0.05, 0) is 18.7 Å². The molecule has 0 amide bonds. The van der Waals surface area contributed by atoms with Crippen LogP contribution in [-0.4, -0.2) is 23.8 Å². The lowest BCUT2D eigenvalue weighted by atomic mass is 10.2.